The summed E-state index contributed by atoms with van der Waals surface area (Å²) in [7, 11) is 0. The maximum absolute atomic E-state index is 2.50. The van der Waals surface area contributed by atoms with Crippen LogP contribution in [0.3, 0.4) is 0 Å². The van der Waals surface area contributed by atoms with Crippen molar-refractivity contribution >= 4 is 65.4 Å². The van der Waals surface area contributed by atoms with Crippen molar-refractivity contribution in [3.63, 3.8) is 0 Å². The summed E-state index contributed by atoms with van der Waals surface area (Å²) < 4.78 is 7.37. The SMILES string of the molecule is c1ccc(-c2cccc(-n3c4ccccc4c4ccccc43)c2-n2c3ccccc3c3cc(-n4c5ccccc5c5ccccc54)ccc32)cc1. The van der Waals surface area contributed by atoms with Crippen molar-refractivity contribution in [1.29, 1.82) is 0 Å². The molecule has 3 aromatic heterocycles. The van der Waals surface area contributed by atoms with Crippen LogP contribution in [0.4, 0.5) is 0 Å². The molecule has 51 heavy (non-hydrogen) atoms. The third-order valence-electron chi connectivity index (χ3n) is 10.6. The summed E-state index contributed by atoms with van der Waals surface area (Å²) in [6, 6.07) is 68.5. The normalized spacial score (nSPS) is 11.9. The summed E-state index contributed by atoms with van der Waals surface area (Å²) in [6.07, 6.45) is 0. The molecule has 0 aliphatic carbocycles. The first-order valence-electron chi connectivity index (χ1n) is 17.5. The van der Waals surface area contributed by atoms with E-state index in [4.69, 9.17) is 0 Å². The highest BCUT2D eigenvalue weighted by Crippen LogP contribution is 2.43. The molecule has 0 saturated carbocycles. The molecule has 0 aliphatic rings. The van der Waals surface area contributed by atoms with Gasteiger partial charge in [0.2, 0.25) is 0 Å². The fourth-order valence-electron chi connectivity index (χ4n) is 8.52. The summed E-state index contributed by atoms with van der Waals surface area (Å²) in [5.74, 6) is 0. The van der Waals surface area contributed by atoms with Gasteiger partial charge < -0.3 is 13.7 Å². The van der Waals surface area contributed by atoms with Gasteiger partial charge in [-0.15, -0.1) is 0 Å². The smallest absolute Gasteiger partial charge is 0.0781 e. The molecule has 11 aromatic rings. The fraction of sp³-hybridized carbons (Fsp3) is 0. The van der Waals surface area contributed by atoms with Crippen molar-refractivity contribution in [2.24, 2.45) is 0 Å². The zero-order chi connectivity index (χ0) is 33.5. The molecule has 11 rings (SSSR count). The molecule has 0 atom stereocenters. The largest absolute Gasteiger partial charge is 0.309 e. The Morgan fingerprint density at radius 1 is 0.275 bits per heavy atom. The van der Waals surface area contributed by atoms with Crippen molar-refractivity contribution in [2.45, 2.75) is 0 Å². The maximum Gasteiger partial charge on any atom is 0.0781 e. The first-order chi connectivity index (χ1) is 25.3. The molecule has 8 aromatic carbocycles. The minimum Gasteiger partial charge on any atom is -0.309 e. The number of fused-ring (bicyclic) bond motifs is 9. The molecule has 0 N–H and O–H groups in total. The number of aromatic nitrogens is 3. The molecule has 3 heterocycles. The number of hydrogen-bond acceptors (Lipinski definition) is 0. The van der Waals surface area contributed by atoms with Crippen molar-refractivity contribution < 1.29 is 0 Å². The summed E-state index contributed by atoms with van der Waals surface area (Å²) in [5.41, 5.74) is 13.0. The van der Waals surface area contributed by atoms with Gasteiger partial charge in [0.1, 0.15) is 0 Å². The van der Waals surface area contributed by atoms with Gasteiger partial charge in [-0.1, -0.05) is 133 Å². The van der Waals surface area contributed by atoms with Crippen LogP contribution >= 0.6 is 0 Å². The summed E-state index contributed by atoms with van der Waals surface area (Å²) in [6.45, 7) is 0. The van der Waals surface area contributed by atoms with Crippen LogP contribution in [0.1, 0.15) is 0 Å². The third-order valence-corrected chi connectivity index (χ3v) is 10.6. The topological polar surface area (TPSA) is 14.8 Å². The van der Waals surface area contributed by atoms with Gasteiger partial charge in [0.25, 0.3) is 0 Å². The lowest BCUT2D eigenvalue weighted by molar-refractivity contribution is 1.10. The quantitative estimate of drug-likeness (QED) is 0.180. The Balaban J connectivity index is 1.27. The molecule has 0 radical (unpaired) electrons. The number of nitrogens with zero attached hydrogens (tertiary/aromatic N) is 3. The first kappa shape index (κ1) is 28.0. The van der Waals surface area contributed by atoms with Crippen molar-refractivity contribution in [1.82, 2.24) is 13.7 Å². The second-order valence-corrected chi connectivity index (χ2v) is 13.3. The average Bonchev–Trinajstić information content (AvgIpc) is 3.83. The molecule has 0 amide bonds. The third kappa shape index (κ3) is 4.00. The van der Waals surface area contributed by atoms with E-state index in [0.717, 1.165) is 17.1 Å². The van der Waals surface area contributed by atoms with E-state index in [1.165, 1.54) is 76.5 Å². The van der Waals surface area contributed by atoms with Gasteiger partial charge in [0, 0.05) is 43.6 Å². The van der Waals surface area contributed by atoms with Gasteiger partial charge in [-0.2, -0.15) is 0 Å². The predicted molar refractivity (Wildman–Crippen MR) is 215 cm³/mol. The van der Waals surface area contributed by atoms with E-state index in [0.29, 0.717) is 0 Å². The number of hydrogen-bond donors (Lipinski definition) is 0. The Morgan fingerprint density at radius 3 is 1.25 bits per heavy atom. The predicted octanol–water partition coefficient (Wildman–Crippen LogP) is 12.6. The standard InChI is InChI=1S/C48H31N3/c1-2-15-32(16-3-1)34-22-14-28-47(50-43-25-11-6-19-37(43)38-20-7-12-26-44(38)50)48(34)51-45-27-13-8-21-39(45)40-31-33(29-30-46(40)51)49-41-23-9-4-17-35(41)36-18-5-10-24-42(36)49/h1-31H. The molecule has 0 bridgehead atoms. The lowest BCUT2D eigenvalue weighted by Crippen LogP contribution is -2.05. The van der Waals surface area contributed by atoms with E-state index in [2.05, 4.69) is 202 Å². The Kier molecular flexibility index (Phi) is 5.96. The van der Waals surface area contributed by atoms with Gasteiger partial charge in [-0.05, 0) is 60.2 Å². The number of benzene rings is 8. The second kappa shape index (κ2) is 10.8. The van der Waals surface area contributed by atoms with E-state index in [9.17, 15) is 0 Å². The minimum absolute atomic E-state index is 1.14. The van der Waals surface area contributed by atoms with Crippen molar-refractivity contribution in [3.05, 3.63) is 188 Å². The lowest BCUT2D eigenvalue weighted by Gasteiger charge is -2.21. The molecule has 0 spiro atoms. The van der Waals surface area contributed by atoms with Gasteiger partial charge in [0.05, 0.1) is 44.5 Å². The molecule has 0 fully saturated rings. The van der Waals surface area contributed by atoms with E-state index in [1.807, 2.05) is 0 Å². The van der Waals surface area contributed by atoms with E-state index in [-0.39, 0.29) is 0 Å². The zero-order valence-electron chi connectivity index (χ0n) is 27.7. The second-order valence-electron chi connectivity index (χ2n) is 13.3. The van der Waals surface area contributed by atoms with Gasteiger partial charge in [-0.3, -0.25) is 0 Å². The van der Waals surface area contributed by atoms with Crippen LogP contribution in [0.25, 0.3) is 93.6 Å². The van der Waals surface area contributed by atoms with E-state index >= 15 is 0 Å². The first-order valence-corrected chi connectivity index (χ1v) is 17.5. The highest BCUT2D eigenvalue weighted by Gasteiger charge is 2.23. The number of rotatable bonds is 4. The molecule has 0 saturated heterocycles. The molecule has 238 valence electrons. The van der Waals surface area contributed by atoms with Gasteiger partial charge >= 0.3 is 0 Å². The Bertz CT molecular complexity index is 3030. The number of para-hydroxylation sites is 6. The van der Waals surface area contributed by atoms with Crippen LogP contribution in [0.2, 0.25) is 0 Å². The molecular weight excluding hydrogens is 619 g/mol. The van der Waals surface area contributed by atoms with Crippen molar-refractivity contribution in [2.75, 3.05) is 0 Å². The lowest BCUT2D eigenvalue weighted by atomic mass is 10.0. The van der Waals surface area contributed by atoms with Crippen LogP contribution in [-0.2, 0) is 0 Å². The van der Waals surface area contributed by atoms with Gasteiger partial charge in [0.15, 0.2) is 0 Å². The van der Waals surface area contributed by atoms with E-state index < -0.39 is 0 Å². The van der Waals surface area contributed by atoms with E-state index in [1.54, 1.807) is 0 Å². The highest BCUT2D eigenvalue weighted by atomic mass is 15.1. The average molecular weight is 650 g/mol. The van der Waals surface area contributed by atoms with Crippen LogP contribution < -0.4 is 0 Å². The minimum atomic E-state index is 1.14. The van der Waals surface area contributed by atoms with Gasteiger partial charge in [-0.25, -0.2) is 0 Å². The zero-order valence-corrected chi connectivity index (χ0v) is 27.7. The summed E-state index contributed by atoms with van der Waals surface area (Å²) >= 11 is 0. The Labute approximate surface area is 294 Å². The van der Waals surface area contributed by atoms with Crippen molar-refractivity contribution in [3.8, 4) is 28.2 Å². The Morgan fingerprint density at radius 2 is 0.706 bits per heavy atom. The monoisotopic (exact) mass is 649 g/mol. The highest BCUT2D eigenvalue weighted by molar-refractivity contribution is 6.14. The summed E-state index contributed by atoms with van der Waals surface area (Å²) in [4.78, 5) is 0. The van der Waals surface area contributed by atoms with Crippen LogP contribution in [0, 0.1) is 0 Å². The fourth-order valence-corrected chi connectivity index (χ4v) is 8.52. The maximum atomic E-state index is 2.50. The molecule has 0 aliphatic heterocycles. The molecular formula is C48H31N3. The van der Waals surface area contributed by atoms with Crippen LogP contribution in [0.5, 0.6) is 0 Å². The van der Waals surface area contributed by atoms with Crippen LogP contribution in [-0.4, -0.2) is 13.7 Å². The Hall–Kier alpha value is -6.84. The molecule has 3 nitrogen and oxygen atoms in total. The molecule has 0 unspecified atom stereocenters. The molecule has 3 heteroatoms. The summed E-state index contributed by atoms with van der Waals surface area (Å²) in [5, 5.41) is 7.49. The van der Waals surface area contributed by atoms with Crippen LogP contribution in [0.15, 0.2) is 188 Å².